The number of carbonyl (C=O) groups is 1. The van der Waals surface area contributed by atoms with E-state index in [4.69, 9.17) is 0 Å². The number of piperidine rings is 1. The molecule has 2 atom stereocenters. The third kappa shape index (κ3) is 7.82. The van der Waals surface area contributed by atoms with Gasteiger partial charge in [0.05, 0.1) is 0 Å². The Balaban J connectivity index is 2.41. The molecule has 0 radical (unpaired) electrons. The van der Waals surface area contributed by atoms with Crippen LogP contribution < -0.4 is 10.6 Å². The van der Waals surface area contributed by atoms with Crippen molar-refractivity contribution in [3.05, 3.63) is 0 Å². The summed E-state index contributed by atoms with van der Waals surface area (Å²) in [4.78, 5) is 13.5. The van der Waals surface area contributed by atoms with Gasteiger partial charge in [-0.05, 0) is 37.1 Å². The van der Waals surface area contributed by atoms with Gasteiger partial charge in [0.25, 0.3) is 0 Å². The number of amides is 1. The topological polar surface area (TPSA) is 44.4 Å². The van der Waals surface area contributed by atoms with Gasteiger partial charge in [0.2, 0.25) is 5.91 Å². The van der Waals surface area contributed by atoms with Crippen molar-refractivity contribution in [3.63, 3.8) is 0 Å². The number of nitrogens with one attached hydrogen (secondary N) is 2. The van der Waals surface area contributed by atoms with Crippen LogP contribution in [-0.4, -0.2) is 49.6 Å². The van der Waals surface area contributed by atoms with Gasteiger partial charge in [-0.25, -0.2) is 0 Å². The average Bonchev–Trinajstić information content (AvgIpc) is 2.37. The second-order valence-corrected chi connectivity index (χ2v) is 7.32. The lowest BCUT2D eigenvalue weighted by Gasteiger charge is -2.40. The molecule has 2 N–H and O–H groups in total. The van der Waals surface area contributed by atoms with Gasteiger partial charge in [-0.1, -0.05) is 27.7 Å². The Hall–Kier alpha value is -0.610. The van der Waals surface area contributed by atoms with Crippen molar-refractivity contribution in [2.24, 2.45) is 17.8 Å². The summed E-state index contributed by atoms with van der Waals surface area (Å²) in [6.45, 7) is 15.9. The zero-order valence-electron chi connectivity index (χ0n) is 14.6. The molecule has 0 aliphatic carbocycles. The molecule has 1 heterocycles. The van der Waals surface area contributed by atoms with Crippen LogP contribution in [0.5, 0.6) is 0 Å². The Labute approximate surface area is 131 Å². The number of hydrogen-bond acceptors (Lipinski definition) is 3. The molecule has 2 unspecified atom stereocenters. The third-order valence-electron chi connectivity index (χ3n) is 4.46. The molecule has 0 aromatic heterocycles. The molecule has 1 rings (SSSR count). The number of likely N-dealkylation sites (tertiary alicyclic amines) is 1. The molecule has 0 aromatic rings. The molecule has 0 aromatic carbocycles. The summed E-state index contributed by atoms with van der Waals surface area (Å²) in [5.41, 5.74) is 0. The smallest absolute Gasteiger partial charge is 0.216 e. The van der Waals surface area contributed by atoms with Crippen LogP contribution in [-0.2, 0) is 4.79 Å². The second kappa shape index (κ2) is 9.42. The van der Waals surface area contributed by atoms with Crippen molar-refractivity contribution in [1.82, 2.24) is 15.5 Å². The number of nitrogens with zero attached hydrogens (tertiary/aromatic N) is 1. The maximum absolute atomic E-state index is 11.0. The highest BCUT2D eigenvalue weighted by Crippen LogP contribution is 2.23. The lowest BCUT2D eigenvalue weighted by Crippen LogP contribution is -2.52. The molecule has 1 aliphatic heterocycles. The molecule has 1 amide bonds. The highest BCUT2D eigenvalue weighted by atomic mass is 16.1. The van der Waals surface area contributed by atoms with Gasteiger partial charge in [0.15, 0.2) is 0 Å². The number of hydrogen-bond donors (Lipinski definition) is 2. The van der Waals surface area contributed by atoms with Crippen LogP contribution in [0.15, 0.2) is 0 Å². The maximum Gasteiger partial charge on any atom is 0.216 e. The van der Waals surface area contributed by atoms with E-state index in [1.165, 1.54) is 19.4 Å². The van der Waals surface area contributed by atoms with Crippen LogP contribution in [0.2, 0.25) is 0 Å². The Morgan fingerprint density at radius 3 is 2.48 bits per heavy atom. The fraction of sp³-hybridized carbons (Fsp3) is 0.941. The summed E-state index contributed by atoms with van der Waals surface area (Å²) in [6, 6.07) is 0.599. The van der Waals surface area contributed by atoms with Crippen LogP contribution in [0.25, 0.3) is 0 Å². The minimum atomic E-state index is 0.0685. The summed E-state index contributed by atoms with van der Waals surface area (Å²) in [7, 11) is 0. The minimum absolute atomic E-state index is 0.0685. The van der Waals surface area contributed by atoms with E-state index in [1.54, 1.807) is 6.92 Å². The standard InChI is InChI=1S/C17H35N3O/c1-13(2)6-7-19-17-10-16(14(3)4)11-20(12-17)9-8-18-15(5)21/h13-14,16-17,19H,6-12H2,1-5H3,(H,18,21). The highest BCUT2D eigenvalue weighted by molar-refractivity contribution is 5.72. The second-order valence-electron chi connectivity index (χ2n) is 7.32. The predicted octanol–water partition coefficient (Wildman–Crippen LogP) is 2.10. The molecular formula is C17H35N3O. The summed E-state index contributed by atoms with van der Waals surface area (Å²) < 4.78 is 0. The molecule has 0 bridgehead atoms. The van der Waals surface area contributed by atoms with E-state index in [9.17, 15) is 4.79 Å². The highest BCUT2D eigenvalue weighted by Gasteiger charge is 2.28. The first-order valence-electron chi connectivity index (χ1n) is 8.58. The monoisotopic (exact) mass is 297 g/mol. The Morgan fingerprint density at radius 2 is 1.90 bits per heavy atom. The molecule has 1 aliphatic rings. The largest absolute Gasteiger partial charge is 0.355 e. The predicted molar refractivity (Wildman–Crippen MR) is 89.3 cm³/mol. The number of rotatable bonds is 8. The van der Waals surface area contributed by atoms with Crippen LogP contribution in [0, 0.1) is 17.8 Å². The number of carbonyl (C=O) groups excluding carboxylic acids is 1. The lowest BCUT2D eigenvalue weighted by atomic mass is 9.85. The lowest BCUT2D eigenvalue weighted by molar-refractivity contribution is -0.119. The summed E-state index contributed by atoms with van der Waals surface area (Å²) in [5.74, 6) is 2.31. The van der Waals surface area contributed by atoms with E-state index in [0.29, 0.717) is 6.04 Å². The zero-order valence-corrected chi connectivity index (χ0v) is 14.6. The van der Waals surface area contributed by atoms with E-state index in [-0.39, 0.29) is 5.91 Å². The van der Waals surface area contributed by atoms with Crippen molar-refractivity contribution >= 4 is 5.91 Å². The van der Waals surface area contributed by atoms with Gasteiger partial charge >= 0.3 is 0 Å². The van der Waals surface area contributed by atoms with E-state index < -0.39 is 0 Å². The average molecular weight is 297 g/mol. The summed E-state index contributed by atoms with van der Waals surface area (Å²) in [5, 5.41) is 6.65. The first-order chi connectivity index (χ1) is 9.88. The first-order valence-corrected chi connectivity index (χ1v) is 8.58. The van der Waals surface area contributed by atoms with Gasteiger partial charge in [-0.2, -0.15) is 0 Å². The molecule has 0 spiro atoms. The molecule has 124 valence electrons. The molecule has 4 heteroatoms. The van der Waals surface area contributed by atoms with Crippen LogP contribution in [0.4, 0.5) is 0 Å². The van der Waals surface area contributed by atoms with Crippen molar-refractivity contribution < 1.29 is 4.79 Å². The van der Waals surface area contributed by atoms with Crippen LogP contribution in [0.3, 0.4) is 0 Å². The van der Waals surface area contributed by atoms with E-state index in [0.717, 1.165) is 43.9 Å². The van der Waals surface area contributed by atoms with Gasteiger partial charge in [0.1, 0.15) is 0 Å². The molecule has 1 fully saturated rings. The summed E-state index contributed by atoms with van der Waals surface area (Å²) in [6.07, 6.45) is 2.53. The molecule has 0 saturated carbocycles. The Bertz CT molecular complexity index is 304. The third-order valence-corrected chi connectivity index (χ3v) is 4.46. The molecular weight excluding hydrogens is 262 g/mol. The van der Waals surface area contributed by atoms with Crippen molar-refractivity contribution in [3.8, 4) is 0 Å². The molecule has 4 nitrogen and oxygen atoms in total. The summed E-state index contributed by atoms with van der Waals surface area (Å²) >= 11 is 0. The molecule has 21 heavy (non-hydrogen) atoms. The fourth-order valence-electron chi connectivity index (χ4n) is 3.01. The van der Waals surface area contributed by atoms with Crippen molar-refractivity contribution in [1.29, 1.82) is 0 Å². The first kappa shape index (κ1) is 18.4. The van der Waals surface area contributed by atoms with E-state index in [1.807, 2.05) is 0 Å². The van der Waals surface area contributed by atoms with Crippen molar-refractivity contribution in [2.45, 2.75) is 53.5 Å². The van der Waals surface area contributed by atoms with Gasteiger partial charge in [-0.3, -0.25) is 9.69 Å². The maximum atomic E-state index is 11.0. The molecule has 1 saturated heterocycles. The SMILES string of the molecule is CC(=O)NCCN1CC(NCCC(C)C)CC(C(C)C)C1. The zero-order chi connectivity index (χ0) is 15.8. The van der Waals surface area contributed by atoms with Crippen molar-refractivity contribution in [2.75, 3.05) is 32.7 Å². The normalized spacial score (nSPS) is 23.8. The van der Waals surface area contributed by atoms with E-state index >= 15 is 0 Å². The minimum Gasteiger partial charge on any atom is -0.355 e. The Kier molecular flexibility index (Phi) is 8.27. The quantitative estimate of drug-likeness (QED) is 0.721. The fourth-order valence-corrected chi connectivity index (χ4v) is 3.01. The van der Waals surface area contributed by atoms with Crippen LogP contribution in [0.1, 0.15) is 47.5 Å². The van der Waals surface area contributed by atoms with Gasteiger partial charge in [0, 0.05) is 39.1 Å². The Morgan fingerprint density at radius 1 is 1.19 bits per heavy atom. The van der Waals surface area contributed by atoms with Crippen LogP contribution >= 0.6 is 0 Å². The van der Waals surface area contributed by atoms with E-state index in [2.05, 4.69) is 43.2 Å². The van der Waals surface area contributed by atoms with Gasteiger partial charge in [-0.15, -0.1) is 0 Å². The van der Waals surface area contributed by atoms with Gasteiger partial charge < -0.3 is 10.6 Å².